The first-order chi connectivity index (χ1) is 7.85. The Morgan fingerprint density at radius 2 is 1.88 bits per heavy atom. The predicted molar refractivity (Wildman–Crippen MR) is 72.7 cm³/mol. The van der Waals surface area contributed by atoms with E-state index in [1.807, 2.05) is 0 Å². The minimum absolute atomic E-state index is 0.253. The van der Waals surface area contributed by atoms with Gasteiger partial charge < -0.3 is 5.32 Å². The molecule has 2 heteroatoms. The molecule has 1 aliphatic carbocycles. The molecule has 1 saturated carbocycles. The summed E-state index contributed by atoms with van der Waals surface area (Å²) in [6.07, 6.45) is 6.95. The summed E-state index contributed by atoms with van der Waals surface area (Å²) in [6.45, 7) is 10.3. The lowest BCUT2D eigenvalue weighted by atomic mass is 9.75. The normalized spacial score (nSPS) is 21.1. The van der Waals surface area contributed by atoms with Gasteiger partial charge in [-0.2, -0.15) is 5.26 Å². The van der Waals surface area contributed by atoms with E-state index in [-0.39, 0.29) is 5.41 Å². The highest BCUT2D eigenvalue weighted by atomic mass is 14.9. The van der Waals surface area contributed by atoms with Gasteiger partial charge in [-0.15, -0.1) is 0 Å². The highest BCUT2D eigenvalue weighted by molar-refractivity contribution is 4.85. The zero-order chi connectivity index (χ0) is 12.9. The molecule has 2 nitrogen and oxygen atoms in total. The molecular formula is C15H28N2. The lowest BCUT2D eigenvalue weighted by Gasteiger charge is -2.36. The summed E-state index contributed by atoms with van der Waals surface area (Å²) in [5.41, 5.74) is 0.803. The summed E-state index contributed by atoms with van der Waals surface area (Å²) < 4.78 is 0. The summed E-state index contributed by atoms with van der Waals surface area (Å²) in [5, 5.41) is 12.3. The van der Waals surface area contributed by atoms with Crippen LogP contribution in [0.15, 0.2) is 0 Å². The Bertz CT molecular complexity index is 263. The fourth-order valence-corrected chi connectivity index (χ4v) is 2.51. The number of nitrogens with one attached hydrogen (secondary N) is 1. The zero-order valence-corrected chi connectivity index (χ0v) is 12.0. The monoisotopic (exact) mass is 236 g/mol. The highest BCUT2D eigenvalue weighted by Crippen LogP contribution is 2.35. The summed E-state index contributed by atoms with van der Waals surface area (Å²) in [7, 11) is 0. The summed E-state index contributed by atoms with van der Waals surface area (Å²) in [4.78, 5) is 0. The van der Waals surface area contributed by atoms with E-state index >= 15 is 0 Å². The molecule has 17 heavy (non-hydrogen) atoms. The predicted octanol–water partition coefficient (Wildman–Crippen LogP) is 3.87. The molecular weight excluding hydrogens is 208 g/mol. The molecule has 1 N–H and O–H groups in total. The van der Waals surface area contributed by atoms with Crippen LogP contribution < -0.4 is 5.32 Å². The van der Waals surface area contributed by atoms with E-state index in [1.165, 1.54) is 25.7 Å². The molecule has 0 spiro atoms. The molecule has 1 aliphatic rings. The van der Waals surface area contributed by atoms with Gasteiger partial charge in [0.05, 0.1) is 6.07 Å². The molecule has 0 aromatic rings. The number of rotatable bonds is 5. The molecule has 98 valence electrons. The van der Waals surface area contributed by atoms with Gasteiger partial charge in [0.15, 0.2) is 0 Å². The fourth-order valence-electron chi connectivity index (χ4n) is 2.51. The van der Waals surface area contributed by atoms with E-state index in [4.69, 9.17) is 5.26 Å². The fraction of sp³-hybridized carbons (Fsp3) is 0.933. The average molecular weight is 236 g/mol. The van der Waals surface area contributed by atoms with Crippen LogP contribution in [0.2, 0.25) is 0 Å². The maximum atomic E-state index is 8.63. The molecule has 0 saturated heterocycles. The first-order valence-corrected chi connectivity index (χ1v) is 6.95. The van der Waals surface area contributed by atoms with Gasteiger partial charge in [-0.25, -0.2) is 0 Å². The Balaban J connectivity index is 2.25. The average Bonchev–Trinajstić information content (AvgIpc) is 2.25. The Labute approximate surface area is 107 Å². The van der Waals surface area contributed by atoms with E-state index in [1.54, 1.807) is 0 Å². The first-order valence-electron chi connectivity index (χ1n) is 6.95. The Morgan fingerprint density at radius 3 is 2.41 bits per heavy atom. The second-order valence-corrected chi connectivity index (χ2v) is 7.14. The van der Waals surface area contributed by atoms with Gasteiger partial charge >= 0.3 is 0 Å². The van der Waals surface area contributed by atoms with E-state index in [2.05, 4.69) is 39.1 Å². The van der Waals surface area contributed by atoms with Gasteiger partial charge in [0.25, 0.3) is 0 Å². The lowest BCUT2D eigenvalue weighted by molar-refractivity contribution is 0.192. The topological polar surface area (TPSA) is 35.8 Å². The number of hydrogen-bond acceptors (Lipinski definition) is 2. The van der Waals surface area contributed by atoms with E-state index < -0.39 is 0 Å². The van der Waals surface area contributed by atoms with Gasteiger partial charge in [-0.1, -0.05) is 27.7 Å². The second kappa shape index (κ2) is 5.87. The van der Waals surface area contributed by atoms with Crippen molar-refractivity contribution in [3.63, 3.8) is 0 Å². The van der Waals surface area contributed by atoms with E-state index in [0.717, 1.165) is 13.0 Å². The van der Waals surface area contributed by atoms with Crippen molar-refractivity contribution in [3.05, 3.63) is 0 Å². The molecule has 0 aliphatic heterocycles. The lowest BCUT2D eigenvalue weighted by Crippen LogP contribution is -2.40. The standard InChI is InChI=1S/C15H28N2/c1-14(2)9-6-13(7-10-14)17-12-15(3,4)8-5-11-16/h13,17H,5-10,12H2,1-4H3. The zero-order valence-electron chi connectivity index (χ0n) is 12.0. The van der Waals surface area contributed by atoms with Crippen LogP contribution in [0.25, 0.3) is 0 Å². The van der Waals surface area contributed by atoms with Crippen LogP contribution >= 0.6 is 0 Å². The summed E-state index contributed by atoms with van der Waals surface area (Å²) in [6, 6.07) is 2.94. The number of nitriles is 1. The minimum Gasteiger partial charge on any atom is -0.313 e. The quantitative estimate of drug-likeness (QED) is 0.786. The van der Waals surface area contributed by atoms with Crippen molar-refractivity contribution >= 4 is 0 Å². The second-order valence-electron chi connectivity index (χ2n) is 7.14. The molecule has 0 atom stereocenters. The molecule has 1 fully saturated rings. The van der Waals surface area contributed by atoms with Crippen molar-refractivity contribution in [2.75, 3.05) is 6.54 Å². The maximum absolute atomic E-state index is 8.63. The van der Waals surface area contributed by atoms with Gasteiger partial charge in [0, 0.05) is 19.0 Å². The minimum atomic E-state index is 0.253. The third kappa shape index (κ3) is 5.55. The number of hydrogen-bond donors (Lipinski definition) is 1. The van der Waals surface area contributed by atoms with Crippen molar-refractivity contribution in [1.29, 1.82) is 5.26 Å². The Hall–Kier alpha value is -0.550. The van der Waals surface area contributed by atoms with Crippen molar-refractivity contribution < 1.29 is 0 Å². The highest BCUT2D eigenvalue weighted by Gasteiger charge is 2.27. The Kier molecular flexibility index (Phi) is 5.01. The van der Waals surface area contributed by atoms with Crippen molar-refractivity contribution in [2.45, 2.75) is 72.3 Å². The van der Waals surface area contributed by atoms with Crippen LogP contribution in [0.5, 0.6) is 0 Å². The van der Waals surface area contributed by atoms with Gasteiger partial charge in [-0.05, 0) is 42.9 Å². The van der Waals surface area contributed by atoms with Crippen LogP contribution in [0.3, 0.4) is 0 Å². The molecule has 0 aromatic carbocycles. The molecule has 0 aromatic heterocycles. The van der Waals surface area contributed by atoms with Gasteiger partial charge in [0.2, 0.25) is 0 Å². The SMILES string of the molecule is CC1(C)CCC(NCC(C)(C)CCC#N)CC1. The molecule has 0 heterocycles. The maximum Gasteiger partial charge on any atom is 0.0621 e. The van der Waals surface area contributed by atoms with Crippen LogP contribution in [0, 0.1) is 22.2 Å². The van der Waals surface area contributed by atoms with Crippen molar-refractivity contribution in [1.82, 2.24) is 5.32 Å². The van der Waals surface area contributed by atoms with Crippen molar-refractivity contribution in [3.8, 4) is 6.07 Å². The third-order valence-electron chi connectivity index (χ3n) is 4.12. The molecule has 0 bridgehead atoms. The van der Waals surface area contributed by atoms with E-state index in [9.17, 15) is 0 Å². The first kappa shape index (κ1) is 14.5. The summed E-state index contributed by atoms with van der Waals surface area (Å²) >= 11 is 0. The molecule has 0 unspecified atom stereocenters. The van der Waals surface area contributed by atoms with Gasteiger partial charge in [0.1, 0.15) is 0 Å². The van der Waals surface area contributed by atoms with Crippen LogP contribution in [0.1, 0.15) is 66.2 Å². The van der Waals surface area contributed by atoms with Crippen LogP contribution in [-0.2, 0) is 0 Å². The largest absolute Gasteiger partial charge is 0.313 e. The van der Waals surface area contributed by atoms with E-state index in [0.29, 0.717) is 17.9 Å². The molecule has 0 amide bonds. The van der Waals surface area contributed by atoms with Gasteiger partial charge in [-0.3, -0.25) is 0 Å². The molecule has 1 rings (SSSR count). The van der Waals surface area contributed by atoms with Crippen molar-refractivity contribution in [2.24, 2.45) is 10.8 Å². The van der Waals surface area contributed by atoms with Crippen LogP contribution in [-0.4, -0.2) is 12.6 Å². The number of nitrogens with zero attached hydrogens (tertiary/aromatic N) is 1. The smallest absolute Gasteiger partial charge is 0.0621 e. The third-order valence-corrected chi connectivity index (χ3v) is 4.12. The van der Waals surface area contributed by atoms with Crippen LogP contribution in [0.4, 0.5) is 0 Å². The molecule has 0 radical (unpaired) electrons. The Morgan fingerprint density at radius 1 is 1.29 bits per heavy atom. The summed E-state index contributed by atoms with van der Waals surface area (Å²) in [5.74, 6) is 0.